The zero-order chi connectivity index (χ0) is 71.8. The zero-order valence-electron chi connectivity index (χ0n) is 59.8. The van der Waals surface area contributed by atoms with E-state index in [1.807, 2.05) is 48.5 Å². The van der Waals surface area contributed by atoms with E-state index in [1.54, 1.807) is 0 Å². The van der Waals surface area contributed by atoms with Gasteiger partial charge in [0.25, 0.3) is 0 Å². The van der Waals surface area contributed by atoms with Crippen molar-refractivity contribution in [2.45, 2.75) is 27.7 Å². The van der Waals surface area contributed by atoms with Crippen LogP contribution in [0.1, 0.15) is 22.3 Å². The highest BCUT2D eigenvalue weighted by molar-refractivity contribution is 6.26. The topological polar surface area (TPSA) is 72.3 Å². The van der Waals surface area contributed by atoms with Crippen molar-refractivity contribution in [2.75, 3.05) is 0 Å². The Labute approximate surface area is 619 Å². The van der Waals surface area contributed by atoms with Gasteiger partial charge < -0.3 is 35.9 Å². The summed E-state index contributed by atoms with van der Waals surface area (Å²) >= 11 is 0. The minimum absolute atomic E-state index is 0.930. The molecule has 0 saturated carbocycles. The van der Waals surface area contributed by atoms with E-state index in [4.69, 9.17) is 17.7 Å². The lowest BCUT2D eigenvalue weighted by atomic mass is 10.1. The van der Waals surface area contributed by atoms with Gasteiger partial charge in [-0.2, -0.15) is 0 Å². The van der Waals surface area contributed by atoms with Crippen molar-refractivity contribution in [3.8, 4) is 22.7 Å². The Morgan fingerprint density at radius 2 is 0.519 bits per heavy atom. The van der Waals surface area contributed by atoms with Crippen LogP contribution in [0, 0.1) is 27.7 Å². The first-order valence-electron chi connectivity index (χ1n) is 36.9. The summed E-state index contributed by atoms with van der Waals surface area (Å²) in [6.07, 6.45) is 0. The molecule has 0 aliphatic carbocycles. The number of hydrogen-bond acceptors (Lipinski definition) is 4. The molecule has 0 aliphatic heterocycles. The van der Waals surface area contributed by atoms with Crippen LogP contribution in [0.25, 0.3) is 198 Å². The summed E-state index contributed by atoms with van der Waals surface area (Å²) in [5.41, 5.74) is 26.9. The third kappa shape index (κ3) is 9.98. The average Bonchev–Trinajstić information content (AvgIpc) is 1.59. The summed E-state index contributed by atoms with van der Waals surface area (Å²) in [6, 6.07) is 120. The number of aromatic nitrogens is 4. The molecular formula is C100H68N4O4. The first kappa shape index (κ1) is 62.5. The van der Waals surface area contributed by atoms with Crippen molar-refractivity contribution < 1.29 is 17.7 Å². The molecule has 8 aromatic heterocycles. The number of para-hydroxylation sites is 8. The second-order valence-electron chi connectivity index (χ2n) is 28.5. The normalized spacial score (nSPS) is 11.9. The Morgan fingerprint density at radius 3 is 1.04 bits per heavy atom. The van der Waals surface area contributed by atoms with Crippen LogP contribution in [0.3, 0.4) is 0 Å². The maximum Gasteiger partial charge on any atom is 0.145 e. The lowest BCUT2D eigenvalue weighted by molar-refractivity contribution is 0.669. The molecule has 8 heterocycles. The lowest BCUT2D eigenvalue weighted by Gasteiger charge is -2.09. The van der Waals surface area contributed by atoms with E-state index in [1.165, 1.54) is 159 Å². The fourth-order valence-corrected chi connectivity index (χ4v) is 16.8. The molecule has 24 aromatic rings. The average molecular weight is 1390 g/mol. The molecule has 0 atom stereocenters. The number of nitrogens with zero attached hydrogens (tertiary/aromatic N) is 4. The standard InChI is InChI=1S/4C25H17NO/c1-16-10-12-17(13-11-16)26-21-8-4-2-7-20(21)24-22(26)15-14-19-18-6-3-5-9-23(18)27-25(19)24;1-16-10-12-17(13-11-16)26-22-8-4-2-6-18(22)20-15-25-21(14-23(20)26)19-7-3-5-9-24(19)27-25;1-16-10-12-17(13-11-16)26-22-8-4-2-6-18(22)20-14-21-19-7-3-5-9-24(19)27-25(21)15-23(20)26;1-16-10-12-17(13-11-16)26-21-8-4-2-6-18(21)19-14-15-23-24(25(19)26)20-7-3-5-9-22(20)27-23/h4*2-15H,1H3. The molecule has 0 aliphatic rings. The van der Waals surface area contributed by atoms with Crippen LogP contribution in [-0.4, -0.2) is 18.3 Å². The van der Waals surface area contributed by atoms with E-state index in [9.17, 15) is 0 Å². The van der Waals surface area contributed by atoms with E-state index >= 15 is 0 Å². The summed E-state index contributed by atoms with van der Waals surface area (Å²) in [7, 11) is 0. The summed E-state index contributed by atoms with van der Waals surface area (Å²) < 4.78 is 34.1. The number of rotatable bonds is 4. The minimum Gasteiger partial charge on any atom is -0.456 e. The van der Waals surface area contributed by atoms with E-state index in [0.29, 0.717) is 0 Å². The van der Waals surface area contributed by atoms with Crippen LogP contribution in [0.4, 0.5) is 0 Å². The summed E-state index contributed by atoms with van der Waals surface area (Å²) in [5.74, 6) is 0. The number of furan rings is 4. The first-order chi connectivity index (χ1) is 53.2. The maximum atomic E-state index is 6.33. The molecule has 8 heteroatoms. The Hall–Kier alpha value is -14.1. The second-order valence-corrected chi connectivity index (χ2v) is 28.5. The second kappa shape index (κ2) is 24.8. The van der Waals surface area contributed by atoms with Gasteiger partial charge in [0.05, 0.1) is 54.9 Å². The molecule has 0 amide bonds. The van der Waals surface area contributed by atoms with Crippen LogP contribution < -0.4 is 0 Å². The summed E-state index contributed by atoms with van der Waals surface area (Å²) in [4.78, 5) is 0. The van der Waals surface area contributed by atoms with Gasteiger partial charge in [0, 0.05) is 104 Å². The van der Waals surface area contributed by atoms with E-state index in [0.717, 1.165) is 60.8 Å². The zero-order valence-corrected chi connectivity index (χ0v) is 59.8. The van der Waals surface area contributed by atoms with Crippen molar-refractivity contribution in [2.24, 2.45) is 0 Å². The van der Waals surface area contributed by atoms with Gasteiger partial charge in [0.15, 0.2) is 0 Å². The maximum absolute atomic E-state index is 6.33. The SMILES string of the molecule is Cc1ccc(-n2c3ccccc3c3c4oc5ccccc5c4ccc32)cc1.Cc1ccc(-n2c3ccccc3c3cc4c(cc32)oc2ccccc24)cc1.Cc1ccc(-n2c3ccccc3c3cc4oc5ccccc5c4cc32)cc1.Cc1ccc(-n2c3ccccc3c3ccc4oc5ccccc5c4c32)cc1. The molecule has 0 saturated heterocycles. The van der Waals surface area contributed by atoms with Gasteiger partial charge in [0.1, 0.15) is 44.7 Å². The fourth-order valence-electron chi connectivity index (χ4n) is 16.8. The van der Waals surface area contributed by atoms with Crippen LogP contribution in [-0.2, 0) is 0 Å². The molecule has 108 heavy (non-hydrogen) atoms. The molecule has 24 rings (SSSR count). The first-order valence-corrected chi connectivity index (χ1v) is 36.9. The minimum atomic E-state index is 0.930. The van der Waals surface area contributed by atoms with Crippen LogP contribution in [0.2, 0.25) is 0 Å². The van der Waals surface area contributed by atoms with Crippen LogP contribution in [0.5, 0.6) is 0 Å². The number of hydrogen-bond donors (Lipinski definition) is 0. The molecule has 0 fully saturated rings. The highest BCUT2D eigenvalue weighted by Gasteiger charge is 2.23. The van der Waals surface area contributed by atoms with Crippen molar-refractivity contribution in [3.05, 3.63) is 362 Å². The van der Waals surface area contributed by atoms with Gasteiger partial charge in [0.2, 0.25) is 0 Å². The predicted octanol–water partition coefficient (Wildman–Crippen LogP) is 28.0. The van der Waals surface area contributed by atoms with Crippen LogP contribution in [0.15, 0.2) is 357 Å². The Bertz CT molecular complexity index is 7620. The highest BCUT2D eigenvalue weighted by atomic mass is 16.3. The van der Waals surface area contributed by atoms with E-state index < -0.39 is 0 Å². The predicted molar refractivity (Wildman–Crippen MR) is 451 cm³/mol. The molecule has 0 N–H and O–H groups in total. The summed E-state index contributed by atoms with van der Waals surface area (Å²) in [5, 5.41) is 19.2. The van der Waals surface area contributed by atoms with Crippen molar-refractivity contribution in [1.82, 2.24) is 18.3 Å². The molecule has 8 nitrogen and oxygen atoms in total. The third-order valence-corrected chi connectivity index (χ3v) is 21.9. The molecule has 0 unspecified atom stereocenters. The Balaban J connectivity index is 0.0000000919. The summed E-state index contributed by atoms with van der Waals surface area (Å²) in [6.45, 7) is 8.48. The van der Waals surface area contributed by atoms with Gasteiger partial charge in [-0.15, -0.1) is 0 Å². The number of benzene rings is 16. The fraction of sp³-hybridized carbons (Fsp3) is 0.0400. The monoisotopic (exact) mass is 1390 g/mol. The highest BCUT2D eigenvalue weighted by Crippen LogP contribution is 2.45. The van der Waals surface area contributed by atoms with Gasteiger partial charge in [-0.1, -0.05) is 216 Å². The van der Waals surface area contributed by atoms with Crippen molar-refractivity contribution >= 4 is 175 Å². The van der Waals surface area contributed by atoms with Crippen LogP contribution >= 0.6 is 0 Å². The largest absolute Gasteiger partial charge is 0.456 e. The molecule has 512 valence electrons. The molecular weight excluding hydrogens is 1320 g/mol. The Kier molecular flexibility index (Phi) is 14.3. The van der Waals surface area contributed by atoms with E-state index in [-0.39, 0.29) is 0 Å². The lowest BCUT2D eigenvalue weighted by Crippen LogP contribution is -1.94. The van der Waals surface area contributed by atoms with Crippen molar-refractivity contribution in [1.29, 1.82) is 0 Å². The van der Waals surface area contributed by atoms with Gasteiger partial charge in [-0.3, -0.25) is 0 Å². The van der Waals surface area contributed by atoms with Gasteiger partial charge >= 0.3 is 0 Å². The van der Waals surface area contributed by atoms with Gasteiger partial charge in [-0.05, 0) is 167 Å². The van der Waals surface area contributed by atoms with Crippen molar-refractivity contribution in [3.63, 3.8) is 0 Å². The number of aryl methyl sites for hydroxylation is 4. The quantitative estimate of drug-likeness (QED) is 0.176. The molecule has 16 aromatic carbocycles. The van der Waals surface area contributed by atoms with E-state index in [2.05, 4.69) is 337 Å². The Morgan fingerprint density at radius 1 is 0.176 bits per heavy atom. The molecule has 0 bridgehead atoms. The third-order valence-electron chi connectivity index (χ3n) is 21.9. The molecule has 0 spiro atoms. The smallest absolute Gasteiger partial charge is 0.145 e. The molecule has 0 radical (unpaired) electrons. The van der Waals surface area contributed by atoms with Gasteiger partial charge in [-0.25, -0.2) is 0 Å². The number of fused-ring (bicyclic) bond motifs is 26.